The summed E-state index contributed by atoms with van der Waals surface area (Å²) in [6.45, 7) is 7.75. The molecule has 1 N–H and O–H groups in total. The SMILES string of the molecule is CC1(C)CCC[C@@]2(C)O[C@H]3CCNC(=O)[C@H]3C[C@H]12. The fourth-order valence-electron chi connectivity index (χ4n) is 4.62. The van der Waals surface area contributed by atoms with Gasteiger partial charge in [0.05, 0.1) is 17.6 Å². The smallest absolute Gasteiger partial charge is 0.225 e. The van der Waals surface area contributed by atoms with Crippen LogP contribution in [0.25, 0.3) is 0 Å². The lowest BCUT2D eigenvalue weighted by atomic mass is 9.57. The Balaban J connectivity index is 1.89. The minimum Gasteiger partial charge on any atom is -0.371 e. The van der Waals surface area contributed by atoms with Gasteiger partial charge in [0, 0.05) is 6.54 Å². The lowest BCUT2D eigenvalue weighted by Crippen LogP contribution is -2.60. The van der Waals surface area contributed by atoms with E-state index in [1.54, 1.807) is 0 Å². The molecule has 102 valence electrons. The van der Waals surface area contributed by atoms with Gasteiger partial charge >= 0.3 is 0 Å². The molecule has 3 nitrogen and oxygen atoms in total. The van der Waals surface area contributed by atoms with Gasteiger partial charge in [-0.1, -0.05) is 20.3 Å². The highest BCUT2D eigenvalue weighted by Crippen LogP contribution is 2.54. The minimum atomic E-state index is 0.000532. The Hall–Kier alpha value is -0.570. The van der Waals surface area contributed by atoms with Gasteiger partial charge in [-0.25, -0.2) is 0 Å². The highest BCUT2D eigenvalue weighted by molar-refractivity contribution is 5.80. The van der Waals surface area contributed by atoms with Crippen molar-refractivity contribution in [3.05, 3.63) is 0 Å². The summed E-state index contributed by atoms with van der Waals surface area (Å²) in [5.41, 5.74) is 0.302. The zero-order chi connectivity index (χ0) is 13.0. The molecular formula is C15H25NO2. The predicted octanol–water partition coefficient (Wildman–Crippen LogP) is 2.50. The molecule has 3 fully saturated rings. The topological polar surface area (TPSA) is 38.3 Å². The van der Waals surface area contributed by atoms with E-state index in [-0.39, 0.29) is 23.5 Å². The van der Waals surface area contributed by atoms with Crippen molar-refractivity contribution in [3.63, 3.8) is 0 Å². The van der Waals surface area contributed by atoms with Gasteiger partial charge < -0.3 is 10.1 Å². The van der Waals surface area contributed by atoms with Crippen molar-refractivity contribution in [1.29, 1.82) is 0 Å². The number of carbonyl (C=O) groups is 1. The van der Waals surface area contributed by atoms with Gasteiger partial charge in [0.25, 0.3) is 0 Å². The van der Waals surface area contributed by atoms with Gasteiger partial charge in [-0.05, 0) is 43.9 Å². The molecule has 1 amide bonds. The molecular weight excluding hydrogens is 226 g/mol. The Kier molecular flexibility index (Phi) is 2.74. The van der Waals surface area contributed by atoms with Gasteiger partial charge in [-0.15, -0.1) is 0 Å². The maximum atomic E-state index is 12.0. The molecule has 2 heterocycles. The molecule has 0 aromatic carbocycles. The molecule has 1 aliphatic carbocycles. The van der Waals surface area contributed by atoms with E-state index in [2.05, 4.69) is 26.1 Å². The molecule has 0 radical (unpaired) electrons. The molecule has 0 aromatic heterocycles. The summed E-state index contributed by atoms with van der Waals surface area (Å²) in [6.07, 6.45) is 5.83. The Morgan fingerprint density at radius 3 is 2.83 bits per heavy atom. The van der Waals surface area contributed by atoms with E-state index in [0.717, 1.165) is 25.8 Å². The number of hydrogen-bond acceptors (Lipinski definition) is 2. The second kappa shape index (κ2) is 3.96. The number of piperidine rings is 1. The van der Waals surface area contributed by atoms with Crippen LogP contribution in [0.1, 0.15) is 52.9 Å². The fourth-order valence-corrected chi connectivity index (χ4v) is 4.62. The summed E-state index contributed by atoms with van der Waals surface area (Å²) in [5.74, 6) is 0.827. The number of rotatable bonds is 0. The van der Waals surface area contributed by atoms with E-state index in [9.17, 15) is 4.79 Å². The number of carbonyl (C=O) groups excluding carboxylic acids is 1. The van der Waals surface area contributed by atoms with Crippen molar-refractivity contribution >= 4 is 5.91 Å². The zero-order valence-electron chi connectivity index (χ0n) is 11.8. The standard InChI is InChI=1S/C15H25NO2/c1-14(2)6-4-7-15(3)12(14)9-10-11(18-15)5-8-16-13(10)17/h10-12H,4-9H2,1-3H3,(H,16,17)/t10-,11-,12+,15+/m0/s1. The van der Waals surface area contributed by atoms with Crippen LogP contribution in [-0.4, -0.2) is 24.2 Å². The lowest BCUT2D eigenvalue weighted by Gasteiger charge is -2.57. The summed E-state index contributed by atoms with van der Waals surface area (Å²) in [4.78, 5) is 12.0. The van der Waals surface area contributed by atoms with Crippen molar-refractivity contribution in [2.24, 2.45) is 17.3 Å². The minimum absolute atomic E-state index is 0.000532. The van der Waals surface area contributed by atoms with E-state index in [4.69, 9.17) is 4.74 Å². The lowest BCUT2D eigenvalue weighted by molar-refractivity contribution is -0.223. The number of amides is 1. The van der Waals surface area contributed by atoms with Crippen molar-refractivity contribution in [2.75, 3.05) is 6.54 Å². The van der Waals surface area contributed by atoms with Crippen LogP contribution >= 0.6 is 0 Å². The van der Waals surface area contributed by atoms with Crippen molar-refractivity contribution < 1.29 is 9.53 Å². The Morgan fingerprint density at radius 1 is 1.28 bits per heavy atom. The molecule has 0 bridgehead atoms. The van der Waals surface area contributed by atoms with Gasteiger partial charge in [0.15, 0.2) is 0 Å². The van der Waals surface area contributed by atoms with E-state index in [0.29, 0.717) is 11.3 Å². The van der Waals surface area contributed by atoms with Crippen LogP contribution in [0.5, 0.6) is 0 Å². The van der Waals surface area contributed by atoms with Crippen molar-refractivity contribution in [2.45, 2.75) is 64.6 Å². The van der Waals surface area contributed by atoms with Crippen LogP contribution in [0.3, 0.4) is 0 Å². The second-order valence-electron chi connectivity index (χ2n) is 7.29. The largest absolute Gasteiger partial charge is 0.371 e. The number of ether oxygens (including phenoxy) is 1. The third kappa shape index (κ3) is 1.78. The van der Waals surface area contributed by atoms with Gasteiger partial charge in [0.1, 0.15) is 0 Å². The summed E-state index contributed by atoms with van der Waals surface area (Å²) in [6, 6.07) is 0. The molecule has 2 aliphatic heterocycles. The number of hydrogen-bond donors (Lipinski definition) is 1. The zero-order valence-corrected chi connectivity index (χ0v) is 11.8. The molecule has 3 heteroatoms. The average Bonchev–Trinajstić information content (AvgIpc) is 2.26. The summed E-state index contributed by atoms with van der Waals surface area (Å²) in [5, 5.41) is 3.00. The van der Waals surface area contributed by atoms with Gasteiger partial charge in [-0.3, -0.25) is 4.79 Å². The van der Waals surface area contributed by atoms with Crippen LogP contribution in [0.2, 0.25) is 0 Å². The molecule has 0 unspecified atom stereocenters. The van der Waals surface area contributed by atoms with Crippen LogP contribution in [0.4, 0.5) is 0 Å². The van der Waals surface area contributed by atoms with E-state index in [1.807, 2.05) is 0 Å². The van der Waals surface area contributed by atoms with Crippen molar-refractivity contribution in [3.8, 4) is 0 Å². The Morgan fingerprint density at radius 2 is 2.06 bits per heavy atom. The maximum Gasteiger partial charge on any atom is 0.225 e. The summed E-state index contributed by atoms with van der Waals surface area (Å²) >= 11 is 0. The molecule has 18 heavy (non-hydrogen) atoms. The number of fused-ring (bicyclic) bond motifs is 2. The third-order valence-corrected chi connectivity index (χ3v) is 5.60. The normalized spacial score (nSPS) is 46.8. The molecule has 2 saturated heterocycles. The van der Waals surface area contributed by atoms with E-state index < -0.39 is 0 Å². The van der Waals surface area contributed by atoms with E-state index >= 15 is 0 Å². The first-order valence-corrected chi connectivity index (χ1v) is 7.38. The Labute approximate surface area is 110 Å². The first kappa shape index (κ1) is 12.5. The maximum absolute atomic E-state index is 12.0. The second-order valence-corrected chi connectivity index (χ2v) is 7.29. The molecule has 3 aliphatic rings. The highest BCUT2D eigenvalue weighted by atomic mass is 16.5. The molecule has 0 spiro atoms. The predicted molar refractivity (Wildman–Crippen MR) is 70.1 cm³/mol. The molecule has 1 saturated carbocycles. The molecule has 0 aromatic rings. The first-order chi connectivity index (χ1) is 8.42. The van der Waals surface area contributed by atoms with Gasteiger partial charge in [0.2, 0.25) is 5.91 Å². The fraction of sp³-hybridized carbons (Fsp3) is 0.933. The van der Waals surface area contributed by atoms with E-state index in [1.165, 1.54) is 12.8 Å². The average molecular weight is 251 g/mol. The first-order valence-electron chi connectivity index (χ1n) is 7.38. The van der Waals surface area contributed by atoms with Crippen LogP contribution in [0, 0.1) is 17.3 Å². The number of nitrogens with one attached hydrogen (secondary N) is 1. The quantitative estimate of drug-likeness (QED) is 0.718. The van der Waals surface area contributed by atoms with Gasteiger partial charge in [-0.2, -0.15) is 0 Å². The summed E-state index contributed by atoms with van der Waals surface area (Å²) in [7, 11) is 0. The van der Waals surface area contributed by atoms with Crippen LogP contribution in [-0.2, 0) is 9.53 Å². The summed E-state index contributed by atoms with van der Waals surface area (Å²) < 4.78 is 6.43. The monoisotopic (exact) mass is 251 g/mol. The molecule has 3 rings (SSSR count). The van der Waals surface area contributed by atoms with Crippen LogP contribution < -0.4 is 5.32 Å². The molecule has 4 atom stereocenters. The highest BCUT2D eigenvalue weighted by Gasteiger charge is 2.55. The Bertz CT molecular complexity index is 366. The van der Waals surface area contributed by atoms with Crippen LogP contribution in [0.15, 0.2) is 0 Å². The van der Waals surface area contributed by atoms with Crippen molar-refractivity contribution in [1.82, 2.24) is 5.32 Å². The third-order valence-electron chi connectivity index (χ3n) is 5.60.